The van der Waals surface area contributed by atoms with Gasteiger partial charge in [-0.2, -0.15) is 18.3 Å². The Hall–Kier alpha value is -3.59. The van der Waals surface area contributed by atoms with E-state index >= 15 is 0 Å². The van der Waals surface area contributed by atoms with Crippen LogP contribution in [0.5, 0.6) is 0 Å². The van der Waals surface area contributed by atoms with Gasteiger partial charge in [0.25, 0.3) is 5.91 Å². The highest BCUT2D eigenvalue weighted by Gasteiger charge is 2.35. The predicted molar refractivity (Wildman–Crippen MR) is 113 cm³/mol. The van der Waals surface area contributed by atoms with Gasteiger partial charge in [0.1, 0.15) is 5.82 Å². The molecular weight excluding hydrogens is 443 g/mol. The summed E-state index contributed by atoms with van der Waals surface area (Å²) >= 11 is 6.19. The normalized spacial score (nSPS) is 11.5. The molecule has 2 heterocycles. The van der Waals surface area contributed by atoms with Crippen LogP contribution in [0.15, 0.2) is 67.0 Å². The third-order valence-electron chi connectivity index (χ3n) is 4.85. The van der Waals surface area contributed by atoms with Crippen LogP contribution < -0.4 is 5.32 Å². The number of rotatable bonds is 5. The molecule has 164 valence electrons. The molecular formula is C22H17ClF3N5O. The van der Waals surface area contributed by atoms with Gasteiger partial charge in [0.2, 0.25) is 0 Å². The highest BCUT2D eigenvalue weighted by molar-refractivity contribution is 6.32. The third-order valence-corrected chi connectivity index (χ3v) is 5.17. The number of nitrogens with one attached hydrogen (secondary N) is 1. The highest BCUT2D eigenvalue weighted by atomic mass is 35.5. The first-order chi connectivity index (χ1) is 15.2. The Morgan fingerprint density at radius 1 is 1.12 bits per heavy atom. The maximum absolute atomic E-state index is 13.3. The molecule has 1 amide bonds. The van der Waals surface area contributed by atoms with Crippen LogP contribution in [0.3, 0.4) is 0 Å². The minimum Gasteiger partial charge on any atom is -0.345 e. The molecule has 0 saturated heterocycles. The SMILES string of the molecule is Cn1ccnc1CNC(=O)c1ccc(-c2cc(C(F)(F)F)nn2-c2ccccc2Cl)cc1. The maximum Gasteiger partial charge on any atom is 0.435 e. The van der Waals surface area contributed by atoms with Crippen LogP contribution in [-0.2, 0) is 19.8 Å². The van der Waals surface area contributed by atoms with E-state index in [0.29, 0.717) is 22.6 Å². The van der Waals surface area contributed by atoms with Crippen molar-refractivity contribution in [3.63, 3.8) is 0 Å². The molecule has 10 heteroatoms. The second-order valence-electron chi connectivity index (χ2n) is 6.99. The van der Waals surface area contributed by atoms with Crippen molar-refractivity contribution in [1.82, 2.24) is 24.6 Å². The number of hydrogen-bond acceptors (Lipinski definition) is 3. The van der Waals surface area contributed by atoms with Gasteiger partial charge in [0.05, 0.1) is 22.9 Å². The minimum atomic E-state index is -4.62. The number of hydrogen-bond donors (Lipinski definition) is 1. The molecule has 0 atom stereocenters. The number of carbonyl (C=O) groups is 1. The van der Waals surface area contributed by atoms with E-state index in [4.69, 9.17) is 11.6 Å². The van der Waals surface area contributed by atoms with E-state index in [9.17, 15) is 18.0 Å². The van der Waals surface area contributed by atoms with Crippen LogP contribution in [-0.4, -0.2) is 25.2 Å². The Kier molecular flexibility index (Phi) is 5.75. The minimum absolute atomic E-state index is 0.199. The van der Waals surface area contributed by atoms with Gasteiger partial charge in [-0.1, -0.05) is 35.9 Å². The van der Waals surface area contributed by atoms with Crippen LogP contribution in [0.1, 0.15) is 21.9 Å². The smallest absolute Gasteiger partial charge is 0.345 e. The fourth-order valence-electron chi connectivity index (χ4n) is 3.15. The number of aryl methyl sites for hydroxylation is 1. The van der Waals surface area contributed by atoms with Crippen molar-refractivity contribution in [2.75, 3.05) is 0 Å². The largest absolute Gasteiger partial charge is 0.435 e. The summed E-state index contributed by atoms with van der Waals surface area (Å²) in [4.78, 5) is 16.6. The zero-order valence-electron chi connectivity index (χ0n) is 16.8. The average Bonchev–Trinajstić information content (AvgIpc) is 3.39. The van der Waals surface area contributed by atoms with E-state index in [1.54, 1.807) is 65.5 Å². The molecule has 0 bridgehead atoms. The third kappa shape index (κ3) is 4.38. The molecule has 0 saturated carbocycles. The molecule has 0 aliphatic heterocycles. The lowest BCUT2D eigenvalue weighted by Gasteiger charge is -2.10. The Balaban J connectivity index is 1.63. The fraction of sp³-hybridized carbons (Fsp3) is 0.136. The van der Waals surface area contributed by atoms with Crippen LogP contribution in [0.4, 0.5) is 13.2 Å². The topological polar surface area (TPSA) is 64.7 Å². The molecule has 0 aliphatic rings. The summed E-state index contributed by atoms with van der Waals surface area (Å²) in [6, 6.07) is 13.7. The number of benzene rings is 2. The second-order valence-corrected chi connectivity index (χ2v) is 7.40. The van der Waals surface area contributed by atoms with Crippen molar-refractivity contribution < 1.29 is 18.0 Å². The summed E-state index contributed by atoms with van der Waals surface area (Å²) in [6.07, 6.45) is -1.21. The number of alkyl halides is 3. The molecule has 4 aromatic rings. The molecule has 0 fully saturated rings. The monoisotopic (exact) mass is 459 g/mol. The summed E-state index contributed by atoms with van der Waals surface area (Å²) in [6.45, 7) is 0.248. The molecule has 0 spiro atoms. The number of carbonyl (C=O) groups excluding carboxylic acids is 1. The average molecular weight is 460 g/mol. The van der Waals surface area contributed by atoms with Crippen molar-refractivity contribution >= 4 is 17.5 Å². The van der Waals surface area contributed by atoms with E-state index in [0.717, 1.165) is 10.7 Å². The van der Waals surface area contributed by atoms with Gasteiger partial charge in [-0.05, 0) is 30.3 Å². The first-order valence-corrected chi connectivity index (χ1v) is 9.89. The Labute approximate surface area is 186 Å². The van der Waals surface area contributed by atoms with Crippen LogP contribution in [0.25, 0.3) is 16.9 Å². The quantitative estimate of drug-likeness (QED) is 0.463. The molecule has 4 rings (SSSR count). The van der Waals surface area contributed by atoms with E-state index < -0.39 is 11.9 Å². The Morgan fingerprint density at radius 2 is 1.84 bits per heavy atom. The summed E-state index contributed by atoms with van der Waals surface area (Å²) < 4.78 is 43.0. The summed E-state index contributed by atoms with van der Waals surface area (Å²) in [5, 5.41) is 6.76. The van der Waals surface area contributed by atoms with Gasteiger partial charge in [0, 0.05) is 30.6 Å². The molecule has 2 aromatic heterocycles. The van der Waals surface area contributed by atoms with Crippen LogP contribution >= 0.6 is 11.6 Å². The fourth-order valence-corrected chi connectivity index (χ4v) is 3.37. The lowest BCUT2D eigenvalue weighted by molar-refractivity contribution is -0.141. The van der Waals surface area contributed by atoms with E-state index in [2.05, 4.69) is 15.4 Å². The van der Waals surface area contributed by atoms with Crippen molar-refractivity contribution in [1.29, 1.82) is 0 Å². The summed E-state index contributed by atoms with van der Waals surface area (Å²) in [5.41, 5.74) is 0.294. The molecule has 6 nitrogen and oxygen atoms in total. The van der Waals surface area contributed by atoms with Gasteiger partial charge in [-0.25, -0.2) is 9.67 Å². The molecule has 0 aliphatic carbocycles. The van der Waals surface area contributed by atoms with E-state index in [1.807, 2.05) is 7.05 Å². The molecule has 1 N–H and O–H groups in total. The van der Waals surface area contributed by atoms with E-state index in [-0.39, 0.29) is 23.2 Å². The number of amides is 1. The van der Waals surface area contributed by atoms with Crippen molar-refractivity contribution in [2.45, 2.75) is 12.7 Å². The maximum atomic E-state index is 13.3. The number of imidazole rings is 1. The predicted octanol–water partition coefficient (Wildman–Crippen LogP) is 4.88. The van der Waals surface area contributed by atoms with Crippen LogP contribution in [0, 0.1) is 0 Å². The zero-order chi connectivity index (χ0) is 22.9. The van der Waals surface area contributed by atoms with Gasteiger partial charge < -0.3 is 9.88 Å². The Bertz CT molecular complexity index is 1260. The lowest BCUT2D eigenvalue weighted by atomic mass is 10.1. The lowest BCUT2D eigenvalue weighted by Crippen LogP contribution is -2.24. The van der Waals surface area contributed by atoms with Crippen LogP contribution in [0.2, 0.25) is 5.02 Å². The van der Waals surface area contributed by atoms with Crippen molar-refractivity contribution in [3.05, 3.63) is 89.1 Å². The zero-order valence-corrected chi connectivity index (χ0v) is 17.5. The number of para-hydroxylation sites is 1. The second kappa shape index (κ2) is 8.51. The number of nitrogens with zero attached hydrogens (tertiary/aromatic N) is 4. The summed E-state index contributed by atoms with van der Waals surface area (Å²) in [7, 11) is 1.82. The molecule has 0 radical (unpaired) electrons. The molecule has 32 heavy (non-hydrogen) atoms. The van der Waals surface area contributed by atoms with Crippen molar-refractivity contribution in [2.24, 2.45) is 7.05 Å². The highest BCUT2D eigenvalue weighted by Crippen LogP contribution is 2.34. The first kappa shape index (κ1) is 21.6. The van der Waals surface area contributed by atoms with Gasteiger partial charge >= 0.3 is 6.18 Å². The number of aromatic nitrogens is 4. The molecule has 2 aromatic carbocycles. The number of halogens is 4. The van der Waals surface area contributed by atoms with Crippen molar-refractivity contribution in [3.8, 4) is 16.9 Å². The standard InChI is InChI=1S/C22H17ClF3N5O/c1-30-11-10-27-20(30)13-28-21(32)15-8-6-14(7-9-15)18-12-19(22(24,25)26)29-31(18)17-5-3-2-4-16(17)23/h2-12H,13H2,1H3,(H,28,32). The first-order valence-electron chi connectivity index (χ1n) is 9.51. The van der Waals surface area contributed by atoms with Gasteiger partial charge in [-0.3, -0.25) is 4.79 Å². The van der Waals surface area contributed by atoms with E-state index in [1.165, 1.54) is 0 Å². The Morgan fingerprint density at radius 3 is 2.47 bits per heavy atom. The summed E-state index contributed by atoms with van der Waals surface area (Å²) in [5.74, 6) is 0.369. The van der Waals surface area contributed by atoms with Gasteiger partial charge in [0.15, 0.2) is 5.69 Å². The molecule has 0 unspecified atom stereocenters. The van der Waals surface area contributed by atoms with Gasteiger partial charge in [-0.15, -0.1) is 0 Å².